The van der Waals surface area contributed by atoms with Crippen molar-refractivity contribution in [2.24, 2.45) is 0 Å². The van der Waals surface area contributed by atoms with Gasteiger partial charge in [-0.25, -0.2) is 23.5 Å². The Bertz CT molecular complexity index is 1050. The van der Waals surface area contributed by atoms with Crippen molar-refractivity contribution in [1.82, 2.24) is 25.1 Å². The van der Waals surface area contributed by atoms with Gasteiger partial charge in [0.05, 0.1) is 18.3 Å². The summed E-state index contributed by atoms with van der Waals surface area (Å²) in [5.74, 6) is -1.26. The summed E-state index contributed by atoms with van der Waals surface area (Å²) in [6.07, 6.45) is 4.38. The van der Waals surface area contributed by atoms with E-state index >= 15 is 0 Å². The van der Waals surface area contributed by atoms with Gasteiger partial charge in [-0.2, -0.15) is 0 Å². The first-order valence-electron chi connectivity index (χ1n) is 11.8. The Kier molecular flexibility index (Phi) is 6.60. The molecular formula is C24H30F2N6O2. The maximum atomic E-state index is 13.8. The number of hydrogen-bond donors (Lipinski definition) is 2. The van der Waals surface area contributed by atoms with Gasteiger partial charge in [-0.1, -0.05) is 6.07 Å². The van der Waals surface area contributed by atoms with E-state index in [2.05, 4.69) is 20.5 Å². The van der Waals surface area contributed by atoms with Crippen LogP contribution in [0, 0.1) is 11.6 Å². The predicted molar refractivity (Wildman–Crippen MR) is 123 cm³/mol. The molecule has 0 aliphatic carbocycles. The summed E-state index contributed by atoms with van der Waals surface area (Å²) in [6, 6.07) is 3.91. The maximum absolute atomic E-state index is 13.8. The van der Waals surface area contributed by atoms with E-state index in [0.717, 1.165) is 43.4 Å². The molecule has 10 heteroatoms. The van der Waals surface area contributed by atoms with E-state index in [1.165, 1.54) is 6.07 Å². The number of fused-ring (bicyclic) bond motifs is 1. The molecule has 0 spiro atoms. The molecule has 1 aromatic heterocycles. The van der Waals surface area contributed by atoms with Crippen LogP contribution in [0.4, 0.5) is 19.5 Å². The highest BCUT2D eigenvalue weighted by molar-refractivity contribution is 5.75. The summed E-state index contributed by atoms with van der Waals surface area (Å²) in [4.78, 5) is 26.2. The number of amides is 2. The molecule has 34 heavy (non-hydrogen) atoms. The van der Waals surface area contributed by atoms with E-state index in [4.69, 9.17) is 9.72 Å². The van der Waals surface area contributed by atoms with Crippen LogP contribution < -0.4 is 10.6 Å². The van der Waals surface area contributed by atoms with Crippen molar-refractivity contribution in [2.45, 2.75) is 43.8 Å². The Hall–Kier alpha value is -2.85. The minimum absolute atomic E-state index is 0.112. The van der Waals surface area contributed by atoms with E-state index in [1.807, 2.05) is 13.2 Å². The Labute approximate surface area is 197 Å². The lowest BCUT2D eigenvalue weighted by Gasteiger charge is -2.31. The van der Waals surface area contributed by atoms with Gasteiger partial charge in [-0.15, -0.1) is 0 Å². The number of hydrogen-bond acceptors (Lipinski definition) is 6. The number of rotatable bonds is 4. The third-order valence-electron chi connectivity index (χ3n) is 6.97. The molecule has 182 valence electrons. The van der Waals surface area contributed by atoms with Crippen molar-refractivity contribution in [3.63, 3.8) is 0 Å². The summed E-state index contributed by atoms with van der Waals surface area (Å²) >= 11 is 0. The number of anilines is 1. The number of nitrogens with one attached hydrogen (secondary N) is 2. The monoisotopic (exact) mass is 472 g/mol. The standard InChI is InChI=1S/C24H30F2N6O2/c1-31-12-18(15-2-3-19(25)20(26)10-15)22(13-31)30-24(33)32-7-4-16-11-27-23(29-21(16)14-32)28-17-5-8-34-9-6-17/h2-3,10-11,17-18,22H,4-9,12-14H2,1H3,(H,30,33)(H,27,28,29). The molecule has 2 atom stereocenters. The lowest BCUT2D eigenvalue weighted by atomic mass is 9.94. The Morgan fingerprint density at radius 2 is 2.00 bits per heavy atom. The quantitative estimate of drug-likeness (QED) is 0.712. The number of nitrogens with zero attached hydrogens (tertiary/aromatic N) is 4. The number of likely N-dealkylation sites (N-methyl/N-ethyl adjacent to an activating group) is 1. The first-order valence-corrected chi connectivity index (χ1v) is 11.8. The average molecular weight is 473 g/mol. The van der Waals surface area contributed by atoms with Crippen molar-refractivity contribution in [3.05, 3.63) is 52.9 Å². The molecule has 2 N–H and O–H groups in total. The number of ether oxygens (including phenoxy) is 1. The first kappa shape index (κ1) is 22.9. The Morgan fingerprint density at radius 3 is 2.79 bits per heavy atom. The van der Waals surface area contributed by atoms with Crippen LogP contribution in [0.15, 0.2) is 24.4 Å². The highest BCUT2D eigenvalue weighted by atomic mass is 19.2. The number of carbonyl (C=O) groups is 1. The molecule has 5 rings (SSSR count). The highest BCUT2D eigenvalue weighted by Gasteiger charge is 2.35. The number of halogens is 2. The van der Waals surface area contributed by atoms with Gasteiger partial charge in [-0.05, 0) is 49.6 Å². The van der Waals surface area contributed by atoms with E-state index in [-0.39, 0.29) is 18.0 Å². The second-order valence-electron chi connectivity index (χ2n) is 9.43. The smallest absolute Gasteiger partial charge is 0.318 e. The Balaban J connectivity index is 1.24. The van der Waals surface area contributed by atoms with Gasteiger partial charge in [0.25, 0.3) is 0 Å². The molecule has 3 aliphatic heterocycles. The van der Waals surface area contributed by atoms with Gasteiger partial charge in [-0.3, -0.25) is 0 Å². The van der Waals surface area contributed by atoms with E-state index in [1.54, 1.807) is 11.0 Å². The van der Waals surface area contributed by atoms with Crippen LogP contribution in [0.2, 0.25) is 0 Å². The third kappa shape index (κ3) is 4.97. The zero-order chi connectivity index (χ0) is 23.7. The summed E-state index contributed by atoms with van der Waals surface area (Å²) in [6.45, 7) is 3.75. The summed E-state index contributed by atoms with van der Waals surface area (Å²) in [5.41, 5.74) is 2.60. The van der Waals surface area contributed by atoms with Gasteiger partial charge in [0.1, 0.15) is 0 Å². The van der Waals surface area contributed by atoms with E-state index in [9.17, 15) is 13.6 Å². The topological polar surface area (TPSA) is 82.6 Å². The summed E-state index contributed by atoms with van der Waals surface area (Å²) in [7, 11) is 1.96. The van der Waals surface area contributed by atoms with Gasteiger partial charge in [0, 0.05) is 51.0 Å². The molecule has 2 aromatic rings. The summed E-state index contributed by atoms with van der Waals surface area (Å²) in [5, 5.41) is 6.52. The molecular weight excluding hydrogens is 442 g/mol. The largest absolute Gasteiger partial charge is 0.381 e. The maximum Gasteiger partial charge on any atom is 0.318 e. The van der Waals surface area contributed by atoms with Crippen molar-refractivity contribution >= 4 is 12.0 Å². The minimum Gasteiger partial charge on any atom is -0.381 e. The fourth-order valence-electron chi connectivity index (χ4n) is 5.05. The van der Waals surface area contributed by atoms with Crippen molar-refractivity contribution in [2.75, 3.05) is 45.2 Å². The van der Waals surface area contributed by atoms with Crippen molar-refractivity contribution in [3.8, 4) is 0 Å². The number of likely N-dealkylation sites (tertiary alicyclic amines) is 1. The van der Waals surface area contributed by atoms with Gasteiger partial charge < -0.3 is 25.2 Å². The van der Waals surface area contributed by atoms with Crippen LogP contribution in [0.5, 0.6) is 0 Å². The fourth-order valence-corrected chi connectivity index (χ4v) is 5.05. The van der Waals surface area contributed by atoms with Crippen LogP contribution in [0.1, 0.15) is 35.6 Å². The predicted octanol–water partition coefficient (Wildman–Crippen LogP) is 2.51. The third-order valence-corrected chi connectivity index (χ3v) is 6.97. The molecule has 2 saturated heterocycles. The molecule has 0 saturated carbocycles. The molecule has 1 aromatic carbocycles. The second-order valence-corrected chi connectivity index (χ2v) is 9.43. The average Bonchev–Trinajstić information content (AvgIpc) is 3.20. The summed E-state index contributed by atoms with van der Waals surface area (Å²) < 4.78 is 32.6. The number of urea groups is 1. The van der Waals surface area contributed by atoms with Crippen LogP contribution in [0.25, 0.3) is 0 Å². The lowest BCUT2D eigenvalue weighted by Crippen LogP contribution is -2.49. The van der Waals surface area contributed by atoms with Crippen LogP contribution in [-0.2, 0) is 17.7 Å². The van der Waals surface area contributed by atoms with Crippen LogP contribution in [0.3, 0.4) is 0 Å². The lowest BCUT2D eigenvalue weighted by molar-refractivity contribution is 0.0903. The minimum atomic E-state index is -0.866. The molecule has 0 bridgehead atoms. The Morgan fingerprint density at radius 1 is 1.18 bits per heavy atom. The second kappa shape index (κ2) is 9.79. The van der Waals surface area contributed by atoms with Gasteiger partial charge in [0.15, 0.2) is 11.6 Å². The van der Waals surface area contributed by atoms with E-state index in [0.29, 0.717) is 50.2 Å². The molecule has 3 aliphatic rings. The van der Waals surface area contributed by atoms with Crippen molar-refractivity contribution in [1.29, 1.82) is 0 Å². The zero-order valence-electron chi connectivity index (χ0n) is 19.3. The molecule has 2 amide bonds. The highest BCUT2D eigenvalue weighted by Crippen LogP contribution is 2.28. The fraction of sp³-hybridized carbons (Fsp3) is 0.542. The van der Waals surface area contributed by atoms with Gasteiger partial charge >= 0.3 is 6.03 Å². The molecule has 8 nitrogen and oxygen atoms in total. The molecule has 2 unspecified atom stereocenters. The zero-order valence-corrected chi connectivity index (χ0v) is 19.3. The normalized spacial score (nSPS) is 23.6. The number of benzene rings is 1. The van der Waals surface area contributed by atoms with Crippen LogP contribution >= 0.6 is 0 Å². The number of carbonyl (C=O) groups excluding carboxylic acids is 1. The molecule has 4 heterocycles. The molecule has 2 fully saturated rings. The molecule has 0 radical (unpaired) electrons. The van der Waals surface area contributed by atoms with Crippen molar-refractivity contribution < 1.29 is 18.3 Å². The van der Waals surface area contributed by atoms with Crippen LogP contribution in [-0.4, -0.2) is 77.8 Å². The van der Waals surface area contributed by atoms with Gasteiger partial charge in [0.2, 0.25) is 5.95 Å². The SMILES string of the molecule is CN1CC(NC(=O)N2CCc3cnc(NC4CCOCC4)nc3C2)C(c2ccc(F)c(F)c2)C1. The first-order chi connectivity index (χ1) is 16.5. The van der Waals surface area contributed by atoms with E-state index < -0.39 is 11.6 Å². The number of aromatic nitrogens is 2.